The third kappa shape index (κ3) is 3.90. The number of carbonyl (C=O) groups excluding carboxylic acids is 1. The molecule has 2 heteroatoms. The minimum atomic E-state index is 0.0723. The van der Waals surface area contributed by atoms with E-state index in [1.54, 1.807) is 13.0 Å². The van der Waals surface area contributed by atoms with Crippen molar-refractivity contribution in [2.45, 2.75) is 20.4 Å². The van der Waals surface area contributed by atoms with Crippen molar-refractivity contribution < 1.29 is 4.79 Å². The van der Waals surface area contributed by atoms with Gasteiger partial charge in [-0.05, 0) is 25.5 Å². The molecule has 0 radical (unpaired) electrons. The Morgan fingerprint density at radius 2 is 1.93 bits per heavy atom. The fraction of sp³-hybridized carbons (Fsp3) is 0.250. The predicted molar refractivity (Wildman–Crippen MR) is 57.7 cm³/mol. The summed E-state index contributed by atoms with van der Waals surface area (Å²) in [6, 6.07) is 10.1. The van der Waals surface area contributed by atoms with Crippen LogP contribution in [0.15, 0.2) is 42.1 Å². The summed E-state index contributed by atoms with van der Waals surface area (Å²) in [6.45, 7) is 4.20. The lowest BCUT2D eigenvalue weighted by Crippen LogP contribution is -2.11. The van der Waals surface area contributed by atoms with Crippen molar-refractivity contribution in [3.63, 3.8) is 0 Å². The molecule has 0 aromatic heterocycles. The molecule has 0 amide bonds. The number of ketones is 1. The first-order chi connectivity index (χ1) is 6.68. The highest BCUT2D eigenvalue weighted by Crippen LogP contribution is 1.99. The quantitative estimate of drug-likeness (QED) is 0.736. The van der Waals surface area contributed by atoms with E-state index in [0.717, 1.165) is 12.2 Å². The van der Waals surface area contributed by atoms with Crippen LogP contribution in [0.1, 0.15) is 19.4 Å². The highest BCUT2D eigenvalue weighted by molar-refractivity contribution is 5.87. The van der Waals surface area contributed by atoms with Crippen LogP contribution in [-0.2, 0) is 11.3 Å². The summed E-state index contributed by atoms with van der Waals surface area (Å²) in [5.41, 5.74) is 2.12. The molecule has 14 heavy (non-hydrogen) atoms. The van der Waals surface area contributed by atoms with Gasteiger partial charge in [0, 0.05) is 12.2 Å². The number of hydrogen-bond acceptors (Lipinski definition) is 2. The highest BCUT2D eigenvalue weighted by atomic mass is 16.1. The van der Waals surface area contributed by atoms with Gasteiger partial charge in [-0.2, -0.15) is 0 Å². The first-order valence-corrected chi connectivity index (χ1v) is 4.65. The number of benzene rings is 1. The molecule has 0 fully saturated rings. The van der Waals surface area contributed by atoms with Crippen LogP contribution >= 0.6 is 0 Å². The van der Waals surface area contributed by atoms with Crippen LogP contribution in [0.3, 0.4) is 0 Å². The second-order valence-electron chi connectivity index (χ2n) is 3.28. The van der Waals surface area contributed by atoms with Gasteiger partial charge >= 0.3 is 0 Å². The zero-order chi connectivity index (χ0) is 10.4. The molecule has 0 atom stereocenters. The molecule has 0 heterocycles. The lowest BCUT2D eigenvalue weighted by molar-refractivity contribution is -0.112. The number of nitrogens with one attached hydrogen (secondary N) is 1. The fourth-order valence-corrected chi connectivity index (χ4v) is 1.19. The summed E-state index contributed by atoms with van der Waals surface area (Å²) in [6.07, 6.45) is 1.60. The maximum Gasteiger partial charge on any atom is 0.154 e. The van der Waals surface area contributed by atoms with E-state index >= 15 is 0 Å². The third-order valence-corrected chi connectivity index (χ3v) is 1.83. The number of hydrogen-bond donors (Lipinski definition) is 1. The van der Waals surface area contributed by atoms with Gasteiger partial charge in [-0.25, -0.2) is 0 Å². The number of allylic oxidation sites excluding steroid dienone is 2. The van der Waals surface area contributed by atoms with E-state index in [2.05, 4.69) is 5.32 Å². The molecule has 0 bridgehead atoms. The largest absolute Gasteiger partial charge is 0.384 e. The van der Waals surface area contributed by atoms with Crippen LogP contribution < -0.4 is 5.32 Å². The maximum absolute atomic E-state index is 10.7. The van der Waals surface area contributed by atoms with Crippen molar-refractivity contribution >= 4 is 5.78 Å². The lowest BCUT2D eigenvalue weighted by atomic mass is 10.2. The van der Waals surface area contributed by atoms with Gasteiger partial charge in [0.25, 0.3) is 0 Å². The van der Waals surface area contributed by atoms with Crippen LogP contribution in [0.4, 0.5) is 0 Å². The Labute approximate surface area is 84.6 Å². The molecule has 0 aliphatic heterocycles. The molecule has 1 rings (SSSR count). The average molecular weight is 189 g/mol. The molecule has 0 unspecified atom stereocenters. The van der Waals surface area contributed by atoms with Gasteiger partial charge in [0.05, 0.1) is 0 Å². The molecular formula is C12H15NO. The van der Waals surface area contributed by atoms with Crippen molar-refractivity contribution in [1.29, 1.82) is 0 Å². The van der Waals surface area contributed by atoms with Crippen LogP contribution in [0.5, 0.6) is 0 Å². The van der Waals surface area contributed by atoms with Crippen LogP contribution in [0, 0.1) is 0 Å². The monoisotopic (exact) mass is 189 g/mol. The molecule has 1 N–H and O–H groups in total. The van der Waals surface area contributed by atoms with E-state index in [-0.39, 0.29) is 5.78 Å². The predicted octanol–water partition coefficient (Wildman–Crippen LogP) is 2.27. The van der Waals surface area contributed by atoms with Crippen molar-refractivity contribution in [3.05, 3.63) is 47.7 Å². The first-order valence-electron chi connectivity index (χ1n) is 4.65. The minimum Gasteiger partial charge on any atom is -0.384 e. The summed E-state index contributed by atoms with van der Waals surface area (Å²) in [4.78, 5) is 10.7. The Morgan fingerprint density at radius 3 is 2.50 bits per heavy atom. The van der Waals surface area contributed by atoms with Crippen molar-refractivity contribution in [3.8, 4) is 0 Å². The lowest BCUT2D eigenvalue weighted by Gasteiger charge is -2.05. The summed E-state index contributed by atoms with van der Waals surface area (Å²) >= 11 is 0. The molecule has 0 saturated heterocycles. The van der Waals surface area contributed by atoms with Crippen molar-refractivity contribution in [2.75, 3.05) is 0 Å². The van der Waals surface area contributed by atoms with Crippen molar-refractivity contribution in [2.24, 2.45) is 0 Å². The zero-order valence-corrected chi connectivity index (χ0v) is 8.58. The number of rotatable bonds is 4. The van der Waals surface area contributed by atoms with Gasteiger partial charge in [0.15, 0.2) is 5.78 Å². The fourth-order valence-electron chi connectivity index (χ4n) is 1.19. The summed E-state index contributed by atoms with van der Waals surface area (Å²) < 4.78 is 0. The smallest absolute Gasteiger partial charge is 0.154 e. The summed E-state index contributed by atoms with van der Waals surface area (Å²) in [5.74, 6) is 0.0723. The maximum atomic E-state index is 10.7. The molecule has 0 aliphatic carbocycles. The molecule has 2 nitrogen and oxygen atoms in total. The standard InChI is InChI=1S/C12H15NO/c1-10(8-11(2)14)13-9-12-6-4-3-5-7-12/h3-8,13H,9H2,1-2H3/b10-8+. The van der Waals surface area contributed by atoms with E-state index < -0.39 is 0 Å². The highest BCUT2D eigenvalue weighted by Gasteiger charge is 1.92. The SMILES string of the molecule is CC(=O)/C=C(\C)NCc1ccccc1. The Hall–Kier alpha value is -1.57. The Balaban J connectivity index is 2.45. The van der Waals surface area contributed by atoms with Crippen LogP contribution in [0.2, 0.25) is 0 Å². The molecule has 0 saturated carbocycles. The Bertz CT molecular complexity index is 327. The summed E-state index contributed by atoms with van der Waals surface area (Å²) in [5, 5.41) is 3.17. The van der Waals surface area contributed by atoms with Gasteiger partial charge in [0.1, 0.15) is 0 Å². The molecule has 0 aliphatic rings. The third-order valence-electron chi connectivity index (χ3n) is 1.83. The van der Waals surface area contributed by atoms with Gasteiger partial charge in [-0.1, -0.05) is 30.3 Å². The van der Waals surface area contributed by atoms with Gasteiger partial charge < -0.3 is 5.32 Å². The van der Waals surface area contributed by atoms with Gasteiger partial charge in [0.2, 0.25) is 0 Å². The van der Waals surface area contributed by atoms with Crippen molar-refractivity contribution in [1.82, 2.24) is 5.32 Å². The second kappa shape index (κ2) is 5.22. The molecule has 1 aromatic rings. The van der Waals surface area contributed by atoms with E-state index in [9.17, 15) is 4.79 Å². The Morgan fingerprint density at radius 1 is 1.29 bits per heavy atom. The van der Waals surface area contributed by atoms with E-state index in [0.29, 0.717) is 0 Å². The zero-order valence-electron chi connectivity index (χ0n) is 8.58. The first kappa shape index (κ1) is 10.5. The molecular weight excluding hydrogens is 174 g/mol. The second-order valence-corrected chi connectivity index (χ2v) is 3.28. The normalized spacial score (nSPS) is 11.1. The molecule has 1 aromatic carbocycles. The van der Waals surface area contributed by atoms with Crippen LogP contribution in [-0.4, -0.2) is 5.78 Å². The molecule has 0 spiro atoms. The van der Waals surface area contributed by atoms with E-state index in [1.807, 2.05) is 37.3 Å². The topological polar surface area (TPSA) is 29.1 Å². The molecule has 74 valence electrons. The Kier molecular flexibility index (Phi) is 3.92. The number of carbonyl (C=O) groups is 1. The van der Waals surface area contributed by atoms with Crippen LogP contribution in [0.25, 0.3) is 0 Å². The van der Waals surface area contributed by atoms with Gasteiger partial charge in [-0.3, -0.25) is 4.79 Å². The average Bonchev–Trinajstić information content (AvgIpc) is 2.15. The summed E-state index contributed by atoms with van der Waals surface area (Å²) in [7, 11) is 0. The van der Waals surface area contributed by atoms with E-state index in [4.69, 9.17) is 0 Å². The van der Waals surface area contributed by atoms with E-state index in [1.165, 1.54) is 5.56 Å². The minimum absolute atomic E-state index is 0.0723. The van der Waals surface area contributed by atoms with Gasteiger partial charge in [-0.15, -0.1) is 0 Å².